The number of ether oxygens (including phenoxy) is 2. The summed E-state index contributed by atoms with van der Waals surface area (Å²) in [7, 11) is 1.45. The summed E-state index contributed by atoms with van der Waals surface area (Å²) in [4.78, 5) is 37.3. The van der Waals surface area contributed by atoms with Crippen molar-refractivity contribution >= 4 is 30.1 Å². The Bertz CT molecular complexity index is 1340. The molecule has 0 amide bonds. The Morgan fingerprint density at radius 1 is 0.900 bits per heavy atom. The van der Waals surface area contributed by atoms with Crippen molar-refractivity contribution in [2.45, 2.75) is 36.3 Å². The Morgan fingerprint density at radius 2 is 1.43 bits per heavy atom. The monoisotopic (exact) mass is 559 g/mol. The maximum atomic E-state index is 12.8. The lowest BCUT2D eigenvalue weighted by Gasteiger charge is -2.49. The van der Waals surface area contributed by atoms with Gasteiger partial charge in [0.25, 0.3) is 0 Å². The van der Waals surface area contributed by atoms with Crippen LogP contribution in [0.1, 0.15) is 24.0 Å². The molecule has 13 nitrogen and oxygen atoms in total. The van der Waals surface area contributed by atoms with Crippen LogP contribution in [0.3, 0.4) is 0 Å². The van der Waals surface area contributed by atoms with Crippen LogP contribution in [0.5, 0.6) is 23.0 Å². The number of esters is 2. The van der Waals surface area contributed by atoms with E-state index in [9.17, 15) is 50.1 Å². The van der Waals surface area contributed by atoms with Crippen LogP contribution >= 0.6 is 0 Å². The van der Waals surface area contributed by atoms with Crippen LogP contribution in [-0.4, -0.2) is 90.7 Å². The first kappa shape index (κ1) is 30.0. The van der Waals surface area contributed by atoms with Crippen LogP contribution in [0.15, 0.2) is 48.6 Å². The fourth-order valence-electron chi connectivity index (χ4n) is 4.28. The summed E-state index contributed by atoms with van der Waals surface area (Å²) in [5.41, 5.74) is -3.93. The number of likely N-dealkylation sites (N-methyl/N-ethyl adjacent to an activating group) is 1. The standard InChI is InChI=1S/C27H29NO12/c1-28-14-27(40-24(35)9-5-16-3-7-18(30)20(32)11-16)21(33)12-26(38,25(36)37)13-22(27)39-23(34)8-4-15-2-6-17(29)19(31)10-15/h2-11,21-22,28-33,38H,12-14H2,1H3,(H,36,37). The number of benzene rings is 2. The fraction of sp³-hybridized carbons (Fsp3) is 0.296. The molecule has 214 valence electrons. The van der Waals surface area contributed by atoms with Gasteiger partial charge in [0.05, 0.1) is 0 Å². The second-order valence-corrected chi connectivity index (χ2v) is 9.26. The van der Waals surface area contributed by atoms with Crippen molar-refractivity contribution in [1.29, 1.82) is 0 Å². The van der Waals surface area contributed by atoms with E-state index in [1.807, 2.05) is 0 Å². The Hall–Kier alpha value is -4.59. The largest absolute Gasteiger partial charge is 0.504 e. The molecule has 40 heavy (non-hydrogen) atoms. The second-order valence-electron chi connectivity index (χ2n) is 9.26. The van der Waals surface area contributed by atoms with E-state index in [1.165, 1.54) is 55.6 Å². The van der Waals surface area contributed by atoms with E-state index in [-0.39, 0.29) is 18.0 Å². The summed E-state index contributed by atoms with van der Waals surface area (Å²) in [6.45, 7) is -0.309. The van der Waals surface area contributed by atoms with Gasteiger partial charge in [-0.2, -0.15) is 0 Å². The highest BCUT2D eigenvalue weighted by Gasteiger charge is 2.61. The molecule has 0 heterocycles. The van der Waals surface area contributed by atoms with E-state index in [0.29, 0.717) is 11.1 Å². The lowest BCUT2D eigenvalue weighted by molar-refractivity contribution is -0.236. The fourth-order valence-corrected chi connectivity index (χ4v) is 4.28. The van der Waals surface area contributed by atoms with E-state index in [0.717, 1.165) is 12.2 Å². The third-order valence-electron chi connectivity index (χ3n) is 6.39. The number of carboxylic acids is 1. The van der Waals surface area contributed by atoms with Crippen LogP contribution in [0.4, 0.5) is 0 Å². The van der Waals surface area contributed by atoms with E-state index >= 15 is 0 Å². The van der Waals surface area contributed by atoms with Crippen LogP contribution in [0, 0.1) is 0 Å². The smallest absolute Gasteiger partial charge is 0.335 e. The normalized spacial score (nSPS) is 24.7. The molecule has 13 heteroatoms. The Morgan fingerprint density at radius 3 is 1.90 bits per heavy atom. The van der Waals surface area contributed by atoms with Crippen molar-refractivity contribution in [1.82, 2.24) is 5.32 Å². The first-order chi connectivity index (χ1) is 18.8. The number of hydrogen-bond acceptors (Lipinski definition) is 12. The molecule has 3 rings (SSSR count). The Kier molecular flexibility index (Phi) is 9.04. The quantitative estimate of drug-likeness (QED) is 0.120. The lowest BCUT2D eigenvalue weighted by atomic mass is 9.71. The number of rotatable bonds is 9. The summed E-state index contributed by atoms with van der Waals surface area (Å²) < 4.78 is 11.0. The third kappa shape index (κ3) is 6.69. The van der Waals surface area contributed by atoms with Gasteiger partial charge in [0.2, 0.25) is 0 Å². The summed E-state index contributed by atoms with van der Waals surface area (Å²) in [5.74, 6) is -5.37. The zero-order chi connectivity index (χ0) is 29.7. The van der Waals surface area contributed by atoms with Crippen molar-refractivity contribution in [2.75, 3.05) is 13.6 Å². The molecule has 2 aromatic carbocycles. The first-order valence-electron chi connectivity index (χ1n) is 11.9. The van der Waals surface area contributed by atoms with E-state index < -0.39 is 65.7 Å². The average molecular weight is 560 g/mol. The molecule has 0 spiro atoms. The maximum Gasteiger partial charge on any atom is 0.335 e. The van der Waals surface area contributed by atoms with Gasteiger partial charge in [0, 0.05) is 31.5 Å². The second kappa shape index (κ2) is 12.1. The Balaban J connectivity index is 1.90. The molecule has 0 aliphatic heterocycles. The number of phenols is 4. The summed E-state index contributed by atoms with van der Waals surface area (Å²) in [6, 6.07) is 7.52. The highest BCUT2D eigenvalue weighted by molar-refractivity contribution is 5.89. The number of carbonyl (C=O) groups excluding carboxylic acids is 2. The molecule has 1 saturated carbocycles. The van der Waals surface area contributed by atoms with Crippen molar-refractivity contribution in [2.24, 2.45) is 0 Å². The number of carbonyl (C=O) groups is 3. The van der Waals surface area contributed by atoms with Crippen LogP contribution in [0.2, 0.25) is 0 Å². The van der Waals surface area contributed by atoms with Crippen molar-refractivity contribution in [3.63, 3.8) is 0 Å². The van der Waals surface area contributed by atoms with Gasteiger partial charge in [-0.05, 0) is 54.6 Å². The number of aliphatic carboxylic acids is 1. The number of aliphatic hydroxyl groups is 2. The average Bonchev–Trinajstić information content (AvgIpc) is 2.88. The first-order valence-corrected chi connectivity index (χ1v) is 11.9. The van der Waals surface area contributed by atoms with Crippen LogP contribution in [0.25, 0.3) is 12.2 Å². The molecule has 0 radical (unpaired) electrons. The number of carboxylic acid groups (broad SMARTS) is 1. The van der Waals surface area contributed by atoms with Gasteiger partial charge < -0.3 is 50.5 Å². The van der Waals surface area contributed by atoms with Crippen molar-refractivity contribution < 1.29 is 59.6 Å². The predicted molar refractivity (Wildman–Crippen MR) is 138 cm³/mol. The SMILES string of the molecule is CNCC1(OC(=O)C=Cc2ccc(O)c(O)c2)C(O)CC(O)(C(=O)O)CC1OC(=O)C=Cc1ccc(O)c(O)c1. The molecule has 4 atom stereocenters. The number of phenolic OH excluding ortho intramolecular Hbond substituents is 4. The molecule has 1 aliphatic carbocycles. The van der Waals surface area contributed by atoms with Crippen LogP contribution < -0.4 is 5.32 Å². The molecule has 0 bridgehead atoms. The van der Waals surface area contributed by atoms with Gasteiger partial charge in [-0.1, -0.05) is 12.1 Å². The number of nitrogens with one attached hydrogen (secondary N) is 1. The molecule has 8 N–H and O–H groups in total. The molecule has 0 saturated heterocycles. The van der Waals surface area contributed by atoms with Crippen LogP contribution in [-0.2, 0) is 23.9 Å². The van der Waals surface area contributed by atoms with Gasteiger partial charge >= 0.3 is 17.9 Å². The van der Waals surface area contributed by atoms with Gasteiger partial charge in [-0.3, -0.25) is 0 Å². The van der Waals surface area contributed by atoms with E-state index in [4.69, 9.17) is 9.47 Å². The minimum atomic E-state index is -2.51. The Labute approximate surface area is 227 Å². The van der Waals surface area contributed by atoms with Gasteiger partial charge in [0.1, 0.15) is 12.2 Å². The lowest BCUT2D eigenvalue weighted by Crippen LogP contribution is -2.69. The third-order valence-corrected chi connectivity index (χ3v) is 6.39. The summed E-state index contributed by atoms with van der Waals surface area (Å²) >= 11 is 0. The molecule has 2 aromatic rings. The molecule has 1 aliphatic rings. The van der Waals surface area contributed by atoms with Crippen molar-refractivity contribution in [3.8, 4) is 23.0 Å². The summed E-state index contributed by atoms with van der Waals surface area (Å²) in [6.07, 6.45) is -0.585. The van der Waals surface area contributed by atoms with Gasteiger partial charge in [-0.15, -0.1) is 0 Å². The molecule has 4 unspecified atom stereocenters. The minimum Gasteiger partial charge on any atom is -0.504 e. The predicted octanol–water partition coefficient (Wildman–Crippen LogP) is 0.619. The van der Waals surface area contributed by atoms with Gasteiger partial charge in [0.15, 0.2) is 34.2 Å². The number of aromatic hydroxyl groups is 4. The highest BCUT2D eigenvalue weighted by Crippen LogP contribution is 2.40. The number of aliphatic hydroxyl groups excluding tert-OH is 1. The molecule has 0 aromatic heterocycles. The zero-order valence-electron chi connectivity index (χ0n) is 21.2. The van der Waals surface area contributed by atoms with Gasteiger partial charge in [-0.25, -0.2) is 14.4 Å². The minimum absolute atomic E-state index is 0.302. The zero-order valence-corrected chi connectivity index (χ0v) is 21.2. The summed E-state index contributed by atoms with van der Waals surface area (Å²) in [5, 5.41) is 72.1. The molecular formula is C27H29NO12. The van der Waals surface area contributed by atoms with Crippen molar-refractivity contribution in [3.05, 3.63) is 59.7 Å². The van der Waals surface area contributed by atoms with E-state index in [2.05, 4.69) is 5.32 Å². The molecule has 1 fully saturated rings. The molecular weight excluding hydrogens is 530 g/mol. The highest BCUT2D eigenvalue weighted by atomic mass is 16.6. The topological polar surface area (TPSA) is 223 Å². The van der Waals surface area contributed by atoms with E-state index in [1.54, 1.807) is 0 Å². The maximum absolute atomic E-state index is 12.8. The number of hydrogen-bond donors (Lipinski definition) is 8.